The minimum absolute atomic E-state index is 0.0775. The average molecular weight is 406 g/mol. The summed E-state index contributed by atoms with van der Waals surface area (Å²) in [5.74, 6) is 0.689. The fraction of sp³-hybridized carbons (Fsp3) is 0.304. The summed E-state index contributed by atoms with van der Waals surface area (Å²) in [4.78, 5) is 17.3. The Morgan fingerprint density at radius 3 is 2.63 bits per heavy atom. The first kappa shape index (κ1) is 20.0. The molecule has 3 aromatic rings. The number of para-hydroxylation sites is 1. The Morgan fingerprint density at radius 2 is 1.90 bits per heavy atom. The number of morpholine rings is 1. The molecule has 0 unspecified atom stereocenters. The number of carbonyl (C=O) groups is 1. The summed E-state index contributed by atoms with van der Waals surface area (Å²) in [7, 11) is 3.45. The van der Waals surface area contributed by atoms with Gasteiger partial charge in [-0.25, -0.2) is 0 Å². The highest BCUT2D eigenvalue weighted by atomic mass is 16.5. The van der Waals surface area contributed by atoms with Gasteiger partial charge in [-0.3, -0.25) is 9.89 Å². The molecule has 2 heterocycles. The molecule has 1 N–H and O–H groups in total. The number of carbonyl (C=O) groups excluding carboxylic acids is 1. The van der Waals surface area contributed by atoms with Gasteiger partial charge in [-0.15, -0.1) is 0 Å². The number of rotatable bonds is 6. The number of amides is 1. The summed E-state index contributed by atoms with van der Waals surface area (Å²) in [5, 5.41) is 7.08. The molecule has 0 radical (unpaired) electrons. The average Bonchev–Trinajstić information content (AvgIpc) is 3.29. The molecule has 1 saturated heterocycles. The Labute approximate surface area is 176 Å². The van der Waals surface area contributed by atoms with E-state index in [0.717, 1.165) is 48.9 Å². The van der Waals surface area contributed by atoms with Crippen LogP contribution in [0.3, 0.4) is 0 Å². The number of H-pyrrole nitrogens is 1. The quantitative estimate of drug-likeness (QED) is 0.681. The summed E-state index contributed by atoms with van der Waals surface area (Å²) >= 11 is 0. The van der Waals surface area contributed by atoms with E-state index in [0.29, 0.717) is 17.8 Å². The van der Waals surface area contributed by atoms with Crippen LogP contribution in [0.1, 0.15) is 15.9 Å². The first-order valence-electron chi connectivity index (χ1n) is 10.0. The van der Waals surface area contributed by atoms with Crippen LogP contribution in [0.4, 0.5) is 5.69 Å². The normalized spacial score (nSPS) is 13.9. The number of nitrogens with one attached hydrogen (secondary N) is 1. The lowest BCUT2D eigenvalue weighted by molar-refractivity contribution is 0.0785. The number of hydrogen-bond donors (Lipinski definition) is 1. The SMILES string of the molecule is COc1ccc(-c2[nH]ncc2C(=O)N(C)Cc2ccccc2N2CCOCC2)cc1. The van der Waals surface area contributed by atoms with E-state index in [1.54, 1.807) is 18.2 Å². The molecule has 30 heavy (non-hydrogen) atoms. The number of anilines is 1. The van der Waals surface area contributed by atoms with E-state index >= 15 is 0 Å². The maximum atomic E-state index is 13.2. The van der Waals surface area contributed by atoms with Crippen molar-refractivity contribution in [1.82, 2.24) is 15.1 Å². The van der Waals surface area contributed by atoms with Crippen molar-refractivity contribution in [2.24, 2.45) is 0 Å². The molecule has 1 fully saturated rings. The molecule has 1 amide bonds. The Balaban J connectivity index is 1.54. The van der Waals surface area contributed by atoms with E-state index in [4.69, 9.17) is 9.47 Å². The second-order valence-electron chi connectivity index (χ2n) is 7.28. The van der Waals surface area contributed by atoms with Gasteiger partial charge in [0.15, 0.2) is 0 Å². The van der Waals surface area contributed by atoms with Gasteiger partial charge in [-0.2, -0.15) is 5.10 Å². The van der Waals surface area contributed by atoms with Crippen molar-refractivity contribution in [2.45, 2.75) is 6.54 Å². The first-order valence-corrected chi connectivity index (χ1v) is 10.0. The van der Waals surface area contributed by atoms with E-state index in [9.17, 15) is 4.79 Å². The number of benzene rings is 2. The summed E-state index contributed by atoms with van der Waals surface area (Å²) in [6, 6.07) is 15.8. The maximum absolute atomic E-state index is 13.2. The molecule has 4 rings (SSSR count). The molecule has 1 aliphatic heterocycles. The molecule has 0 bridgehead atoms. The lowest BCUT2D eigenvalue weighted by atomic mass is 10.1. The summed E-state index contributed by atoms with van der Waals surface area (Å²) in [6.45, 7) is 3.68. The van der Waals surface area contributed by atoms with Crippen molar-refractivity contribution < 1.29 is 14.3 Å². The van der Waals surface area contributed by atoms with Gasteiger partial charge in [0.05, 0.1) is 37.8 Å². The highest BCUT2D eigenvalue weighted by Gasteiger charge is 2.21. The zero-order valence-corrected chi connectivity index (χ0v) is 17.3. The summed E-state index contributed by atoms with van der Waals surface area (Å²) in [6.07, 6.45) is 1.59. The fourth-order valence-electron chi connectivity index (χ4n) is 3.72. The topological polar surface area (TPSA) is 70.7 Å². The predicted molar refractivity (Wildman–Crippen MR) is 116 cm³/mol. The third-order valence-electron chi connectivity index (χ3n) is 5.35. The molecule has 0 aliphatic carbocycles. The molecule has 156 valence electrons. The Morgan fingerprint density at radius 1 is 1.17 bits per heavy atom. The summed E-state index contributed by atoms with van der Waals surface area (Å²) < 4.78 is 10.7. The molecule has 0 saturated carbocycles. The van der Waals surface area contributed by atoms with Crippen LogP contribution >= 0.6 is 0 Å². The maximum Gasteiger partial charge on any atom is 0.257 e. The number of aromatic nitrogens is 2. The molecule has 0 spiro atoms. The Hall–Kier alpha value is -3.32. The van der Waals surface area contributed by atoms with E-state index in [1.807, 2.05) is 43.4 Å². The third kappa shape index (κ3) is 4.16. The van der Waals surface area contributed by atoms with Crippen LogP contribution in [0.5, 0.6) is 5.75 Å². The van der Waals surface area contributed by atoms with Crippen LogP contribution < -0.4 is 9.64 Å². The lowest BCUT2D eigenvalue weighted by Crippen LogP contribution is -2.37. The number of aromatic amines is 1. The van der Waals surface area contributed by atoms with Crippen LogP contribution in [0, 0.1) is 0 Å². The molecule has 7 heteroatoms. The smallest absolute Gasteiger partial charge is 0.257 e. The van der Waals surface area contributed by atoms with Crippen LogP contribution in [-0.4, -0.2) is 61.5 Å². The molecular weight excluding hydrogens is 380 g/mol. The Bertz CT molecular complexity index is 994. The molecular formula is C23H26N4O3. The van der Waals surface area contributed by atoms with E-state index < -0.39 is 0 Å². The van der Waals surface area contributed by atoms with Gasteiger partial charge in [0, 0.05) is 37.9 Å². The zero-order valence-electron chi connectivity index (χ0n) is 17.3. The molecule has 2 aromatic carbocycles. The zero-order chi connectivity index (χ0) is 20.9. The molecule has 1 aromatic heterocycles. The Kier molecular flexibility index (Phi) is 5.99. The second kappa shape index (κ2) is 9.00. The van der Waals surface area contributed by atoms with Gasteiger partial charge in [-0.05, 0) is 35.9 Å². The molecule has 0 atom stereocenters. The monoisotopic (exact) mass is 406 g/mol. The van der Waals surface area contributed by atoms with Crippen LogP contribution in [0.25, 0.3) is 11.3 Å². The van der Waals surface area contributed by atoms with Crippen molar-refractivity contribution in [3.8, 4) is 17.0 Å². The molecule has 7 nitrogen and oxygen atoms in total. The molecule has 1 aliphatic rings. The third-order valence-corrected chi connectivity index (χ3v) is 5.35. The second-order valence-corrected chi connectivity index (χ2v) is 7.28. The van der Waals surface area contributed by atoms with E-state index in [2.05, 4.69) is 27.2 Å². The minimum Gasteiger partial charge on any atom is -0.497 e. The predicted octanol–water partition coefficient (Wildman–Crippen LogP) is 3.19. The van der Waals surface area contributed by atoms with Crippen molar-refractivity contribution in [3.63, 3.8) is 0 Å². The number of ether oxygens (including phenoxy) is 2. The van der Waals surface area contributed by atoms with Gasteiger partial charge in [0.25, 0.3) is 5.91 Å². The number of hydrogen-bond acceptors (Lipinski definition) is 5. The van der Waals surface area contributed by atoms with Crippen molar-refractivity contribution in [2.75, 3.05) is 45.4 Å². The van der Waals surface area contributed by atoms with Gasteiger partial charge in [-0.1, -0.05) is 18.2 Å². The number of methoxy groups -OCH3 is 1. The van der Waals surface area contributed by atoms with Crippen LogP contribution in [-0.2, 0) is 11.3 Å². The number of nitrogens with zero attached hydrogens (tertiary/aromatic N) is 3. The summed E-state index contributed by atoms with van der Waals surface area (Å²) in [5.41, 5.74) is 4.41. The van der Waals surface area contributed by atoms with Crippen LogP contribution in [0.2, 0.25) is 0 Å². The largest absolute Gasteiger partial charge is 0.497 e. The minimum atomic E-state index is -0.0775. The van der Waals surface area contributed by atoms with E-state index in [1.165, 1.54) is 0 Å². The van der Waals surface area contributed by atoms with Crippen LogP contribution in [0.15, 0.2) is 54.7 Å². The highest BCUT2D eigenvalue weighted by Crippen LogP contribution is 2.26. The first-order chi connectivity index (χ1) is 14.7. The van der Waals surface area contributed by atoms with Gasteiger partial charge < -0.3 is 19.3 Å². The standard InChI is InChI=1S/C23H26N4O3/c1-26(16-18-5-3-4-6-21(18)27-11-13-30-14-12-27)23(28)20-15-24-25-22(20)17-7-9-19(29-2)10-8-17/h3-10,15H,11-14,16H2,1-2H3,(H,24,25). The van der Waals surface area contributed by atoms with Gasteiger partial charge in [0.1, 0.15) is 5.75 Å². The lowest BCUT2D eigenvalue weighted by Gasteiger charge is -2.31. The fourth-order valence-corrected chi connectivity index (χ4v) is 3.72. The van der Waals surface area contributed by atoms with Gasteiger partial charge >= 0.3 is 0 Å². The van der Waals surface area contributed by atoms with Crippen molar-refractivity contribution in [3.05, 3.63) is 65.9 Å². The van der Waals surface area contributed by atoms with Crippen molar-refractivity contribution >= 4 is 11.6 Å². The van der Waals surface area contributed by atoms with Crippen molar-refractivity contribution in [1.29, 1.82) is 0 Å². The van der Waals surface area contributed by atoms with E-state index in [-0.39, 0.29) is 5.91 Å². The highest BCUT2D eigenvalue weighted by molar-refractivity contribution is 5.99. The van der Waals surface area contributed by atoms with Gasteiger partial charge in [0.2, 0.25) is 0 Å².